The van der Waals surface area contributed by atoms with Gasteiger partial charge in [-0.3, -0.25) is 9.59 Å². The van der Waals surface area contributed by atoms with Crippen LogP contribution in [0.4, 0.5) is 0 Å². The van der Waals surface area contributed by atoms with Crippen LogP contribution in [0.5, 0.6) is 0 Å². The Balaban J connectivity index is 1.85. The molecule has 0 unspecified atom stereocenters. The first-order valence-corrected chi connectivity index (χ1v) is 7.89. The highest BCUT2D eigenvalue weighted by molar-refractivity contribution is 6.15. The number of allylic oxidation sites excluding steroid dienone is 2. The first-order chi connectivity index (χ1) is 10.6. The molecule has 0 amide bonds. The highest BCUT2D eigenvalue weighted by Gasteiger charge is 2.50. The van der Waals surface area contributed by atoms with E-state index in [2.05, 4.69) is 19.1 Å². The zero-order valence-electron chi connectivity index (χ0n) is 12.4. The molecule has 3 aliphatic carbocycles. The van der Waals surface area contributed by atoms with Gasteiger partial charge in [0.2, 0.25) is 5.78 Å². The molecule has 0 spiro atoms. The highest BCUT2D eigenvalue weighted by Crippen LogP contribution is 2.53. The Bertz CT molecular complexity index is 827. The Kier molecular flexibility index (Phi) is 2.13. The van der Waals surface area contributed by atoms with Crippen LogP contribution in [0.3, 0.4) is 0 Å². The van der Waals surface area contributed by atoms with Crippen LogP contribution in [0.25, 0.3) is 0 Å². The molecule has 3 nitrogen and oxygen atoms in total. The fraction of sp³-hybridized carbons (Fsp3) is 0.368. The van der Waals surface area contributed by atoms with E-state index >= 15 is 0 Å². The van der Waals surface area contributed by atoms with Crippen LogP contribution in [-0.2, 0) is 16.6 Å². The summed E-state index contributed by atoms with van der Waals surface area (Å²) in [7, 11) is 0. The number of carbonyl (C=O) groups is 2. The number of ether oxygens (including phenoxy) is 1. The molecule has 1 aliphatic heterocycles. The summed E-state index contributed by atoms with van der Waals surface area (Å²) in [5.74, 6) is 0.925. The second kappa shape index (κ2) is 3.78. The van der Waals surface area contributed by atoms with Crippen molar-refractivity contribution in [3.05, 3.63) is 57.9 Å². The molecule has 0 N–H and O–H groups in total. The molecule has 1 aromatic carbocycles. The van der Waals surface area contributed by atoms with Crippen LogP contribution >= 0.6 is 0 Å². The normalized spacial score (nSPS) is 31.0. The lowest BCUT2D eigenvalue weighted by atomic mass is 9.61. The quantitative estimate of drug-likeness (QED) is 0.690. The van der Waals surface area contributed by atoms with Crippen LogP contribution in [0.1, 0.15) is 51.6 Å². The van der Waals surface area contributed by atoms with Gasteiger partial charge in [-0.25, -0.2) is 0 Å². The van der Waals surface area contributed by atoms with E-state index in [0.717, 1.165) is 34.2 Å². The zero-order valence-corrected chi connectivity index (χ0v) is 12.4. The zero-order chi connectivity index (χ0) is 15.1. The van der Waals surface area contributed by atoms with E-state index < -0.39 is 0 Å². The molecular weight excluding hydrogens is 276 g/mol. The Labute approximate surface area is 128 Å². The third-order valence-corrected chi connectivity index (χ3v) is 5.75. The van der Waals surface area contributed by atoms with E-state index in [0.29, 0.717) is 25.2 Å². The maximum absolute atomic E-state index is 13.0. The van der Waals surface area contributed by atoms with Gasteiger partial charge in [-0.15, -0.1) is 0 Å². The maximum atomic E-state index is 13.0. The Morgan fingerprint density at radius 3 is 2.95 bits per heavy atom. The van der Waals surface area contributed by atoms with E-state index in [1.807, 2.05) is 12.1 Å². The molecular formula is C19H16O3. The van der Waals surface area contributed by atoms with Gasteiger partial charge in [0.15, 0.2) is 11.5 Å². The number of ketones is 2. The van der Waals surface area contributed by atoms with Gasteiger partial charge in [0.05, 0.1) is 6.61 Å². The monoisotopic (exact) mass is 292 g/mol. The summed E-state index contributed by atoms with van der Waals surface area (Å²) in [5, 5.41) is 0. The summed E-state index contributed by atoms with van der Waals surface area (Å²) >= 11 is 0. The van der Waals surface area contributed by atoms with Crippen molar-refractivity contribution in [1.29, 1.82) is 0 Å². The standard InChI is InChI=1S/C19H16O3/c1-19-8-2-3-10-9-22-18(16(10)19)17(21)15-12-5-7-14(20)11(12)4-6-13(15)19/h2-4,6,10H,5,7-9H2,1H3/t10-,19+/m0/s1. The van der Waals surface area contributed by atoms with Gasteiger partial charge in [0, 0.05) is 28.9 Å². The number of benzene rings is 1. The molecule has 22 heavy (non-hydrogen) atoms. The molecule has 0 saturated carbocycles. The van der Waals surface area contributed by atoms with Crippen LogP contribution < -0.4 is 0 Å². The van der Waals surface area contributed by atoms with Gasteiger partial charge in [-0.2, -0.15) is 0 Å². The highest BCUT2D eigenvalue weighted by atomic mass is 16.5. The smallest absolute Gasteiger partial charge is 0.228 e. The van der Waals surface area contributed by atoms with Crippen molar-refractivity contribution in [2.75, 3.05) is 6.61 Å². The topological polar surface area (TPSA) is 43.4 Å². The van der Waals surface area contributed by atoms with Crippen molar-refractivity contribution in [2.45, 2.75) is 31.6 Å². The summed E-state index contributed by atoms with van der Waals surface area (Å²) in [6.45, 7) is 2.78. The van der Waals surface area contributed by atoms with Crippen molar-refractivity contribution < 1.29 is 14.3 Å². The Morgan fingerprint density at radius 2 is 2.09 bits per heavy atom. The van der Waals surface area contributed by atoms with Crippen molar-refractivity contribution in [3.63, 3.8) is 0 Å². The van der Waals surface area contributed by atoms with Gasteiger partial charge in [-0.05, 0) is 29.5 Å². The molecule has 0 radical (unpaired) electrons. The SMILES string of the molecule is C[C@]12CC=C[C@H]3COC(=C31)C(=O)c1c2ccc2c1CCC2=O. The summed E-state index contributed by atoms with van der Waals surface area (Å²) in [5.41, 5.74) is 4.50. The number of hydrogen-bond acceptors (Lipinski definition) is 3. The fourth-order valence-electron chi connectivity index (χ4n) is 4.71. The van der Waals surface area contributed by atoms with E-state index in [4.69, 9.17) is 4.74 Å². The summed E-state index contributed by atoms with van der Waals surface area (Å²) in [6, 6.07) is 3.93. The molecule has 0 fully saturated rings. The lowest BCUT2D eigenvalue weighted by Gasteiger charge is -2.40. The molecule has 110 valence electrons. The third-order valence-electron chi connectivity index (χ3n) is 5.75. The fourth-order valence-corrected chi connectivity index (χ4v) is 4.71. The molecule has 1 heterocycles. The number of hydrogen-bond donors (Lipinski definition) is 0. The number of rotatable bonds is 0. The van der Waals surface area contributed by atoms with Gasteiger partial charge >= 0.3 is 0 Å². The maximum Gasteiger partial charge on any atom is 0.228 e. The minimum atomic E-state index is -0.171. The Hall–Kier alpha value is -2.16. The van der Waals surface area contributed by atoms with Gasteiger partial charge in [-0.1, -0.05) is 31.2 Å². The van der Waals surface area contributed by atoms with E-state index in [1.54, 1.807) is 0 Å². The largest absolute Gasteiger partial charge is 0.488 e. The second-order valence-corrected chi connectivity index (χ2v) is 6.89. The average Bonchev–Trinajstić information content (AvgIpc) is 3.10. The van der Waals surface area contributed by atoms with Gasteiger partial charge in [0.1, 0.15) is 0 Å². The summed E-state index contributed by atoms with van der Waals surface area (Å²) < 4.78 is 5.79. The first-order valence-electron chi connectivity index (χ1n) is 7.89. The third kappa shape index (κ3) is 1.24. The molecule has 3 heteroatoms. The van der Waals surface area contributed by atoms with Gasteiger partial charge in [0.25, 0.3) is 0 Å². The van der Waals surface area contributed by atoms with E-state index in [1.165, 1.54) is 0 Å². The van der Waals surface area contributed by atoms with Crippen molar-refractivity contribution in [1.82, 2.24) is 0 Å². The van der Waals surface area contributed by atoms with Gasteiger partial charge < -0.3 is 4.74 Å². The summed E-state index contributed by atoms with van der Waals surface area (Å²) in [4.78, 5) is 25.0. The minimum Gasteiger partial charge on any atom is -0.488 e. The molecule has 4 aliphatic rings. The van der Waals surface area contributed by atoms with Crippen molar-refractivity contribution in [2.24, 2.45) is 5.92 Å². The lowest BCUT2D eigenvalue weighted by Crippen LogP contribution is -2.36. The Morgan fingerprint density at radius 1 is 1.23 bits per heavy atom. The predicted octanol–water partition coefficient (Wildman–Crippen LogP) is 3.13. The van der Waals surface area contributed by atoms with Crippen LogP contribution in [0.2, 0.25) is 0 Å². The molecule has 2 atom stereocenters. The first kappa shape index (κ1) is 12.4. The van der Waals surface area contributed by atoms with Crippen LogP contribution in [0, 0.1) is 5.92 Å². The van der Waals surface area contributed by atoms with E-state index in [-0.39, 0.29) is 22.9 Å². The minimum absolute atomic E-state index is 0.00757. The lowest BCUT2D eigenvalue weighted by molar-refractivity contribution is 0.0929. The van der Waals surface area contributed by atoms with Crippen LogP contribution in [-0.4, -0.2) is 18.2 Å². The summed E-state index contributed by atoms with van der Waals surface area (Å²) in [6.07, 6.45) is 6.46. The van der Waals surface area contributed by atoms with E-state index in [9.17, 15) is 9.59 Å². The number of fused-ring (bicyclic) bond motifs is 4. The molecule has 0 bridgehead atoms. The second-order valence-electron chi connectivity index (χ2n) is 6.89. The van der Waals surface area contributed by atoms with Crippen LogP contribution in [0.15, 0.2) is 35.6 Å². The molecule has 1 aromatic rings. The molecule has 5 rings (SSSR count). The number of Topliss-reactive ketones (excluding diaryl/α,β-unsaturated/α-hetero) is 2. The predicted molar refractivity (Wildman–Crippen MR) is 81.0 cm³/mol. The molecule has 0 saturated heterocycles. The molecule has 0 aromatic heterocycles. The average molecular weight is 292 g/mol. The van der Waals surface area contributed by atoms with Crippen molar-refractivity contribution in [3.8, 4) is 0 Å². The number of carbonyl (C=O) groups excluding carboxylic acids is 2. The van der Waals surface area contributed by atoms with Crippen molar-refractivity contribution >= 4 is 11.6 Å².